The lowest BCUT2D eigenvalue weighted by molar-refractivity contribution is 1.02. The highest BCUT2D eigenvalue weighted by molar-refractivity contribution is 9.10. The van der Waals surface area contributed by atoms with Crippen LogP contribution in [0.3, 0.4) is 0 Å². The fourth-order valence-corrected chi connectivity index (χ4v) is 1.67. The zero-order valence-electron chi connectivity index (χ0n) is 5.42. The van der Waals surface area contributed by atoms with Crippen LogP contribution >= 0.6 is 16.1 Å². The molecule has 0 fully saturated rings. The number of pyridine rings is 1. The highest BCUT2D eigenvalue weighted by Gasteiger charge is 2.16. The minimum atomic E-state index is 1.03. The van der Waals surface area contributed by atoms with Gasteiger partial charge in [-0.05, 0) is 12.1 Å². The first kappa shape index (κ1) is 6.16. The maximum Gasteiger partial charge on any atom is 0.0687 e. The SMILES string of the molecule is BrN1CCc2ncccc21. The second-order valence-electron chi connectivity index (χ2n) is 2.30. The number of hydrogen-bond acceptors (Lipinski definition) is 2. The van der Waals surface area contributed by atoms with Crippen molar-refractivity contribution in [2.75, 3.05) is 10.5 Å². The molecule has 0 atom stereocenters. The van der Waals surface area contributed by atoms with E-state index in [1.807, 2.05) is 12.3 Å². The Labute approximate surface area is 68.2 Å². The Hall–Kier alpha value is -0.570. The topological polar surface area (TPSA) is 16.1 Å². The van der Waals surface area contributed by atoms with Gasteiger partial charge in [-0.2, -0.15) is 0 Å². The van der Waals surface area contributed by atoms with Crippen LogP contribution in [-0.4, -0.2) is 11.5 Å². The minimum Gasteiger partial charge on any atom is -0.307 e. The summed E-state index contributed by atoms with van der Waals surface area (Å²) in [6.45, 7) is 1.03. The Balaban J connectivity index is 2.51. The molecule has 1 aromatic heterocycles. The molecule has 0 saturated heterocycles. The van der Waals surface area contributed by atoms with Gasteiger partial charge in [-0.25, -0.2) is 0 Å². The van der Waals surface area contributed by atoms with Crippen LogP contribution in [0, 0.1) is 0 Å². The fourth-order valence-electron chi connectivity index (χ4n) is 1.17. The Morgan fingerprint density at radius 2 is 2.50 bits per heavy atom. The molecule has 52 valence electrons. The highest BCUT2D eigenvalue weighted by Crippen LogP contribution is 2.27. The van der Waals surface area contributed by atoms with Crippen LogP contribution in [0.4, 0.5) is 5.69 Å². The molecule has 0 bridgehead atoms. The van der Waals surface area contributed by atoms with Crippen molar-refractivity contribution in [3.05, 3.63) is 24.0 Å². The first-order valence-electron chi connectivity index (χ1n) is 3.25. The van der Waals surface area contributed by atoms with Crippen LogP contribution < -0.4 is 3.93 Å². The van der Waals surface area contributed by atoms with Crippen LogP contribution in [0.1, 0.15) is 5.69 Å². The fraction of sp³-hybridized carbons (Fsp3) is 0.286. The first-order valence-corrected chi connectivity index (χ1v) is 3.96. The number of fused-ring (bicyclic) bond motifs is 1. The van der Waals surface area contributed by atoms with E-state index >= 15 is 0 Å². The number of rotatable bonds is 0. The third-order valence-electron chi connectivity index (χ3n) is 1.67. The van der Waals surface area contributed by atoms with E-state index in [2.05, 4.69) is 31.1 Å². The second-order valence-corrected chi connectivity index (χ2v) is 3.16. The molecular formula is C7H7BrN2. The quantitative estimate of drug-likeness (QED) is 0.591. The molecule has 0 spiro atoms. The van der Waals surface area contributed by atoms with Gasteiger partial charge in [0.2, 0.25) is 0 Å². The molecule has 0 saturated carbocycles. The van der Waals surface area contributed by atoms with Crippen LogP contribution in [0.15, 0.2) is 18.3 Å². The predicted octanol–water partition coefficient (Wildman–Crippen LogP) is 1.75. The Morgan fingerprint density at radius 1 is 1.60 bits per heavy atom. The van der Waals surface area contributed by atoms with Gasteiger partial charge in [0, 0.05) is 35.3 Å². The van der Waals surface area contributed by atoms with E-state index in [0.717, 1.165) is 13.0 Å². The molecular weight excluding hydrogens is 192 g/mol. The second kappa shape index (κ2) is 2.23. The van der Waals surface area contributed by atoms with E-state index in [9.17, 15) is 0 Å². The molecule has 0 radical (unpaired) electrons. The van der Waals surface area contributed by atoms with Crippen molar-refractivity contribution in [3.63, 3.8) is 0 Å². The lowest BCUT2D eigenvalue weighted by atomic mass is 10.3. The van der Waals surface area contributed by atoms with E-state index in [4.69, 9.17) is 0 Å². The van der Waals surface area contributed by atoms with Crippen molar-refractivity contribution in [2.45, 2.75) is 6.42 Å². The summed E-state index contributed by atoms with van der Waals surface area (Å²) in [6, 6.07) is 4.03. The average molecular weight is 199 g/mol. The van der Waals surface area contributed by atoms with E-state index in [1.54, 1.807) is 0 Å². The third-order valence-corrected chi connectivity index (χ3v) is 2.41. The zero-order valence-corrected chi connectivity index (χ0v) is 7.00. The predicted molar refractivity (Wildman–Crippen MR) is 44.2 cm³/mol. The van der Waals surface area contributed by atoms with E-state index < -0.39 is 0 Å². The molecule has 2 nitrogen and oxygen atoms in total. The molecule has 2 rings (SSSR count). The van der Waals surface area contributed by atoms with Gasteiger partial charge in [-0.15, -0.1) is 0 Å². The van der Waals surface area contributed by atoms with Gasteiger partial charge in [0.25, 0.3) is 0 Å². The van der Waals surface area contributed by atoms with Gasteiger partial charge < -0.3 is 3.93 Å². The van der Waals surface area contributed by atoms with Crippen LogP contribution in [0.25, 0.3) is 0 Å². The van der Waals surface area contributed by atoms with Crippen LogP contribution in [0.2, 0.25) is 0 Å². The Bertz CT molecular complexity index is 249. The third kappa shape index (κ3) is 0.814. The molecule has 10 heavy (non-hydrogen) atoms. The van der Waals surface area contributed by atoms with Crippen molar-refractivity contribution < 1.29 is 0 Å². The number of halogens is 1. The minimum absolute atomic E-state index is 1.03. The molecule has 1 aliphatic rings. The standard InChI is InChI=1S/C7H7BrN2/c8-10-5-3-6-7(10)2-1-4-9-6/h1-2,4H,3,5H2. The Morgan fingerprint density at radius 3 is 3.30 bits per heavy atom. The summed E-state index contributed by atoms with van der Waals surface area (Å²) in [5.41, 5.74) is 2.40. The maximum absolute atomic E-state index is 4.24. The smallest absolute Gasteiger partial charge is 0.0687 e. The monoisotopic (exact) mass is 198 g/mol. The van der Waals surface area contributed by atoms with Crippen molar-refractivity contribution in [3.8, 4) is 0 Å². The molecule has 1 aliphatic heterocycles. The summed E-state index contributed by atoms with van der Waals surface area (Å²) in [7, 11) is 0. The van der Waals surface area contributed by atoms with E-state index in [1.165, 1.54) is 11.4 Å². The van der Waals surface area contributed by atoms with E-state index in [0.29, 0.717) is 0 Å². The lowest BCUT2D eigenvalue weighted by Gasteiger charge is -2.06. The van der Waals surface area contributed by atoms with Gasteiger partial charge in [0.15, 0.2) is 0 Å². The molecule has 3 heteroatoms. The number of nitrogens with zero attached hydrogens (tertiary/aromatic N) is 2. The molecule has 2 heterocycles. The molecule has 0 aliphatic carbocycles. The molecule has 0 N–H and O–H groups in total. The van der Waals surface area contributed by atoms with E-state index in [-0.39, 0.29) is 0 Å². The van der Waals surface area contributed by atoms with Crippen LogP contribution in [0.5, 0.6) is 0 Å². The zero-order chi connectivity index (χ0) is 6.97. The molecule has 1 aromatic rings. The van der Waals surface area contributed by atoms with Crippen molar-refractivity contribution >= 4 is 21.8 Å². The summed E-state index contributed by atoms with van der Waals surface area (Å²) in [6.07, 6.45) is 2.90. The maximum atomic E-state index is 4.24. The lowest BCUT2D eigenvalue weighted by Crippen LogP contribution is -2.03. The Kier molecular flexibility index (Phi) is 1.38. The number of aromatic nitrogens is 1. The summed E-state index contributed by atoms with van der Waals surface area (Å²) in [5, 5.41) is 0. The van der Waals surface area contributed by atoms with Gasteiger partial charge in [-0.3, -0.25) is 4.98 Å². The highest BCUT2D eigenvalue weighted by atomic mass is 79.9. The van der Waals surface area contributed by atoms with Gasteiger partial charge in [0.05, 0.1) is 11.4 Å². The summed E-state index contributed by atoms with van der Waals surface area (Å²) in [4.78, 5) is 4.24. The summed E-state index contributed by atoms with van der Waals surface area (Å²) >= 11 is 3.43. The molecule has 0 aromatic carbocycles. The largest absolute Gasteiger partial charge is 0.307 e. The number of hydrogen-bond donors (Lipinski definition) is 0. The van der Waals surface area contributed by atoms with Gasteiger partial charge in [-0.1, -0.05) is 0 Å². The van der Waals surface area contributed by atoms with Crippen LogP contribution in [-0.2, 0) is 6.42 Å². The van der Waals surface area contributed by atoms with Crippen molar-refractivity contribution in [2.24, 2.45) is 0 Å². The molecule has 0 unspecified atom stereocenters. The summed E-state index contributed by atoms with van der Waals surface area (Å²) < 4.78 is 2.05. The average Bonchev–Trinajstić information content (AvgIpc) is 2.34. The van der Waals surface area contributed by atoms with Crippen molar-refractivity contribution in [1.29, 1.82) is 0 Å². The van der Waals surface area contributed by atoms with Gasteiger partial charge >= 0.3 is 0 Å². The normalized spacial score (nSPS) is 15.5. The van der Waals surface area contributed by atoms with Crippen molar-refractivity contribution in [1.82, 2.24) is 4.98 Å². The number of anilines is 1. The first-order chi connectivity index (χ1) is 4.88. The molecule has 0 amide bonds. The summed E-state index contributed by atoms with van der Waals surface area (Å²) in [5.74, 6) is 0. The van der Waals surface area contributed by atoms with Gasteiger partial charge in [0.1, 0.15) is 0 Å².